The minimum atomic E-state index is -0.457. The summed E-state index contributed by atoms with van der Waals surface area (Å²) in [5.41, 5.74) is 1.45. The van der Waals surface area contributed by atoms with Gasteiger partial charge in [-0.1, -0.05) is 23.7 Å². The fourth-order valence-corrected chi connectivity index (χ4v) is 2.33. The topological polar surface area (TPSA) is 80.8 Å². The summed E-state index contributed by atoms with van der Waals surface area (Å²) < 4.78 is 0. The van der Waals surface area contributed by atoms with Gasteiger partial charge in [-0.3, -0.25) is 0 Å². The summed E-state index contributed by atoms with van der Waals surface area (Å²) in [5, 5.41) is 33.4. The van der Waals surface area contributed by atoms with Crippen LogP contribution in [0.3, 0.4) is 0 Å². The molecule has 2 aromatic carbocycles. The number of thiocarbonyl (C=S) groups is 1. The Hall–Kier alpha value is -2.51. The zero-order valence-electron chi connectivity index (χ0n) is 11.7. The van der Waals surface area contributed by atoms with Crippen LogP contribution >= 0.6 is 23.8 Å². The summed E-state index contributed by atoms with van der Waals surface area (Å²) in [6.45, 7) is 0. The normalized spacial score (nSPS) is 17.3. The lowest BCUT2D eigenvalue weighted by atomic mass is 10.2. The lowest BCUT2D eigenvalue weighted by Crippen LogP contribution is -2.21. The molecule has 8 heteroatoms. The maximum atomic E-state index is 9.50. The predicted molar refractivity (Wildman–Crippen MR) is 90.9 cm³/mol. The first-order valence-corrected chi connectivity index (χ1v) is 7.39. The number of aromatic hydroxyl groups is 2. The van der Waals surface area contributed by atoms with E-state index >= 15 is 0 Å². The Balaban J connectivity index is 1.84. The molecule has 1 aliphatic rings. The van der Waals surface area contributed by atoms with Gasteiger partial charge in [0.25, 0.3) is 0 Å². The van der Waals surface area contributed by atoms with E-state index in [9.17, 15) is 10.2 Å². The SMILES string of the molecule is Oc1ccc(C=NN2C(=S)N=NC2c2ccc(Cl)cc2)cc1O. The number of benzene rings is 2. The van der Waals surface area contributed by atoms with Gasteiger partial charge in [-0.15, -0.1) is 5.11 Å². The molecule has 116 valence electrons. The first-order valence-electron chi connectivity index (χ1n) is 6.60. The number of phenolic OH excluding ortho intramolecular Hbond substituents is 2. The lowest BCUT2D eigenvalue weighted by Gasteiger charge is -2.17. The van der Waals surface area contributed by atoms with Crippen LogP contribution in [0.5, 0.6) is 11.5 Å². The van der Waals surface area contributed by atoms with E-state index in [1.165, 1.54) is 23.4 Å². The van der Waals surface area contributed by atoms with Crippen LogP contribution in [0.25, 0.3) is 0 Å². The van der Waals surface area contributed by atoms with Crippen molar-refractivity contribution >= 4 is 35.1 Å². The van der Waals surface area contributed by atoms with Gasteiger partial charge in [0.15, 0.2) is 17.7 Å². The fourth-order valence-electron chi connectivity index (χ4n) is 2.01. The van der Waals surface area contributed by atoms with Crippen molar-refractivity contribution < 1.29 is 10.2 Å². The average molecular weight is 347 g/mol. The monoisotopic (exact) mass is 346 g/mol. The number of azo groups is 1. The second-order valence-electron chi connectivity index (χ2n) is 4.76. The third-order valence-electron chi connectivity index (χ3n) is 3.18. The quantitative estimate of drug-likeness (QED) is 0.502. The Morgan fingerprint density at radius 1 is 1.13 bits per heavy atom. The molecule has 2 N–H and O–H groups in total. The fraction of sp³-hybridized carbons (Fsp3) is 0.0667. The van der Waals surface area contributed by atoms with Crippen molar-refractivity contribution in [1.82, 2.24) is 5.01 Å². The average Bonchev–Trinajstić information content (AvgIpc) is 2.90. The molecule has 1 unspecified atom stereocenters. The minimum absolute atomic E-state index is 0.192. The molecule has 2 aromatic rings. The summed E-state index contributed by atoms with van der Waals surface area (Å²) in [6, 6.07) is 11.6. The number of hydrogen-bond donors (Lipinski definition) is 2. The van der Waals surface area contributed by atoms with Crippen LogP contribution in [0.1, 0.15) is 17.3 Å². The van der Waals surface area contributed by atoms with Crippen molar-refractivity contribution in [3.05, 3.63) is 58.6 Å². The van der Waals surface area contributed by atoms with E-state index in [1.807, 2.05) is 12.1 Å². The molecule has 1 atom stereocenters. The van der Waals surface area contributed by atoms with Crippen molar-refractivity contribution in [3.63, 3.8) is 0 Å². The zero-order chi connectivity index (χ0) is 16.4. The highest BCUT2D eigenvalue weighted by Gasteiger charge is 2.27. The van der Waals surface area contributed by atoms with Crippen LogP contribution in [-0.4, -0.2) is 26.5 Å². The molecule has 1 aliphatic heterocycles. The van der Waals surface area contributed by atoms with Gasteiger partial charge in [-0.2, -0.15) is 10.2 Å². The lowest BCUT2D eigenvalue weighted by molar-refractivity contribution is 0.367. The van der Waals surface area contributed by atoms with Gasteiger partial charge < -0.3 is 10.2 Å². The van der Waals surface area contributed by atoms with Gasteiger partial charge in [0.05, 0.1) is 6.21 Å². The van der Waals surface area contributed by atoms with Crippen LogP contribution < -0.4 is 0 Å². The molecule has 6 nitrogen and oxygen atoms in total. The van der Waals surface area contributed by atoms with E-state index in [-0.39, 0.29) is 16.6 Å². The van der Waals surface area contributed by atoms with Gasteiger partial charge in [0.1, 0.15) is 0 Å². The maximum absolute atomic E-state index is 9.50. The maximum Gasteiger partial charge on any atom is 0.238 e. The van der Waals surface area contributed by atoms with E-state index < -0.39 is 6.17 Å². The number of halogens is 1. The van der Waals surface area contributed by atoms with E-state index in [4.69, 9.17) is 23.8 Å². The highest BCUT2D eigenvalue weighted by atomic mass is 35.5. The molecule has 0 saturated carbocycles. The molecule has 0 fully saturated rings. The van der Waals surface area contributed by atoms with Crippen molar-refractivity contribution in [3.8, 4) is 11.5 Å². The van der Waals surface area contributed by atoms with Crippen LogP contribution in [0.15, 0.2) is 57.8 Å². The van der Waals surface area contributed by atoms with Gasteiger partial charge in [-0.25, -0.2) is 5.01 Å². The summed E-state index contributed by atoms with van der Waals surface area (Å²) in [4.78, 5) is 0. The number of nitrogens with zero attached hydrogens (tertiary/aromatic N) is 4. The highest BCUT2D eigenvalue weighted by Crippen LogP contribution is 2.30. The van der Waals surface area contributed by atoms with Crippen molar-refractivity contribution in [2.24, 2.45) is 15.3 Å². The molecule has 0 amide bonds. The first kappa shape index (κ1) is 15.4. The molecule has 0 radical (unpaired) electrons. The predicted octanol–water partition coefficient (Wildman–Crippen LogP) is 3.84. The summed E-state index contributed by atoms with van der Waals surface area (Å²) in [6.07, 6.45) is 1.05. The molecule has 0 aromatic heterocycles. The first-order chi connectivity index (χ1) is 11.0. The number of rotatable bonds is 3. The second kappa shape index (κ2) is 6.31. The Morgan fingerprint density at radius 3 is 2.57 bits per heavy atom. The van der Waals surface area contributed by atoms with Crippen LogP contribution in [-0.2, 0) is 0 Å². The molecule has 1 heterocycles. The molecular weight excluding hydrogens is 336 g/mol. The van der Waals surface area contributed by atoms with Gasteiger partial charge >= 0.3 is 0 Å². The zero-order valence-corrected chi connectivity index (χ0v) is 13.2. The van der Waals surface area contributed by atoms with Gasteiger partial charge in [0.2, 0.25) is 5.11 Å². The largest absolute Gasteiger partial charge is 0.504 e. The Morgan fingerprint density at radius 2 is 1.87 bits per heavy atom. The Bertz CT molecular complexity index is 808. The Kier molecular flexibility index (Phi) is 4.22. The van der Waals surface area contributed by atoms with Crippen LogP contribution in [0, 0.1) is 0 Å². The van der Waals surface area contributed by atoms with E-state index in [0.717, 1.165) is 5.56 Å². The summed E-state index contributed by atoms with van der Waals surface area (Å²) >= 11 is 11.0. The van der Waals surface area contributed by atoms with Crippen molar-refractivity contribution in [2.45, 2.75) is 6.17 Å². The van der Waals surface area contributed by atoms with E-state index in [0.29, 0.717) is 10.6 Å². The molecular formula is C15H11ClN4O2S. The minimum Gasteiger partial charge on any atom is -0.504 e. The smallest absolute Gasteiger partial charge is 0.238 e. The molecule has 0 spiro atoms. The molecule has 0 aliphatic carbocycles. The van der Waals surface area contributed by atoms with Gasteiger partial charge in [0, 0.05) is 10.6 Å². The number of hydrogen-bond acceptors (Lipinski definition) is 5. The molecule has 0 saturated heterocycles. The standard InChI is InChI=1S/C15H11ClN4O2S/c16-11-4-2-10(3-5-11)14-18-19-15(23)20(14)17-8-9-1-6-12(21)13(22)7-9/h1-8,14,21-22H. The van der Waals surface area contributed by atoms with Crippen LogP contribution in [0.2, 0.25) is 5.02 Å². The van der Waals surface area contributed by atoms with Crippen molar-refractivity contribution in [1.29, 1.82) is 0 Å². The highest BCUT2D eigenvalue weighted by molar-refractivity contribution is 7.80. The second-order valence-corrected chi connectivity index (χ2v) is 5.56. The van der Waals surface area contributed by atoms with Crippen LogP contribution in [0.4, 0.5) is 0 Å². The van der Waals surface area contributed by atoms with E-state index in [1.54, 1.807) is 18.2 Å². The molecule has 23 heavy (non-hydrogen) atoms. The van der Waals surface area contributed by atoms with E-state index in [2.05, 4.69) is 15.3 Å². The third-order valence-corrected chi connectivity index (χ3v) is 3.70. The Labute approximate surface area is 142 Å². The molecule has 3 rings (SSSR count). The summed E-state index contributed by atoms with van der Waals surface area (Å²) in [7, 11) is 0. The number of phenols is 2. The van der Waals surface area contributed by atoms with Gasteiger partial charge in [-0.05, 0) is 48.1 Å². The third kappa shape index (κ3) is 3.30. The van der Waals surface area contributed by atoms with Crippen molar-refractivity contribution in [2.75, 3.05) is 0 Å². The summed E-state index contributed by atoms with van der Waals surface area (Å²) in [5.74, 6) is -0.413. The number of hydrazone groups is 1. The molecule has 0 bridgehead atoms.